The lowest BCUT2D eigenvalue weighted by molar-refractivity contribution is 0.949. The predicted molar refractivity (Wildman–Crippen MR) is 124 cm³/mol. The average molecular weight is 381 g/mol. The van der Waals surface area contributed by atoms with Gasteiger partial charge >= 0.3 is 0 Å². The first kappa shape index (κ1) is 17.5. The Labute approximate surface area is 168 Å². The summed E-state index contributed by atoms with van der Waals surface area (Å²) >= 11 is 0. The summed E-state index contributed by atoms with van der Waals surface area (Å²) in [5.41, 5.74) is 1.43. The molecule has 5 rings (SSSR count). The third kappa shape index (κ3) is 3.32. The summed E-state index contributed by atoms with van der Waals surface area (Å²) in [6.45, 7) is 2.33. The van der Waals surface area contributed by atoms with Crippen molar-refractivity contribution in [3.05, 3.63) is 97.1 Å². The summed E-state index contributed by atoms with van der Waals surface area (Å²) in [5, 5.41) is 6.98. The van der Waals surface area contributed by atoms with Crippen LogP contribution in [-0.4, -0.2) is 13.1 Å². The smallest absolute Gasteiger partial charge is 0.0457 e. The van der Waals surface area contributed by atoms with Crippen molar-refractivity contribution in [1.29, 1.82) is 0 Å². The molecule has 0 bridgehead atoms. The second-order valence-electron chi connectivity index (χ2n) is 7.39. The summed E-state index contributed by atoms with van der Waals surface area (Å²) < 4.78 is 0. The maximum Gasteiger partial charge on any atom is 0.0457 e. The number of hydrogen-bond acceptors (Lipinski definition) is 1. The van der Waals surface area contributed by atoms with Crippen molar-refractivity contribution in [2.45, 2.75) is 12.8 Å². The Morgan fingerprint density at radius 1 is 0.571 bits per heavy atom. The normalized spacial score (nSPS) is 14.1. The zero-order valence-corrected chi connectivity index (χ0v) is 16.9. The van der Waals surface area contributed by atoms with Crippen LogP contribution in [0.2, 0.25) is 0 Å². The van der Waals surface area contributed by atoms with Gasteiger partial charge in [0.2, 0.25) is 0 Å². The largest absolute Gasteiger partial charge is 0.371 e. The van der Waals surface area contributed by atoms with Gasteiger partial charge in [0.05, 0.1) is 0 Å². The van der Waals surface area contributed by atoms with Crippen molar-refractivity contribution in [3.8, 4) is 0 Å². The van der Waals surface area contributed by atoms with E-state index in [2.05, 4.69) is 102 Å². The van der Waals surface area contributed by atoms with Crippen LogP contribution in [-0.2, 0) is 0 Å². The number of rotatable bonds is 4. The van der Waals surface area contributed by atoms with Crippen LogP contribution in [0.5, 0.6) is 0 Å². The fraction of sp³-hybridized carbons (Fsp3) is 0.154. The van der Waals surface area contributed by atoms with E-state index in [1.807, 2.05) is 0 Å². The summed E-state index contributed by atoms with van der Waals surface area (Å²) in [5.74, 6) is 0. The molecule has 1 aliphatic rings. The van der Waals surface area contributed by atoms with E-state index in [0.717, 1.165) is 13.1 Å². The highest BCUT2D eigenvalue weighted by atomic mass is 31.1. The highest BCUT2D eigenvalue weighted by molar-refractivity contribution is 7.80. The van der Waals surface area contributed by atoms with Crippen molar-refractivity contribution in [2.75, 3.05) is 18.0 Å². The first-order valence-corrected chi connectivity index (χ1v) is 11.4. The van der Waals surface area contributed by atoms with E-state index < -0.39 is 7.92 Å². The van der Waals surface area contributed by atoms with Gasteiger partial charge in [-0.05, 0) is 54.3 Å². The molecule has 0 atom stereocenters. The zero-order chi connectivity index (χ0) is 18.8. The third-order valence-electron chi connectivity index (χ3n) is 5.56. The summed E-state index contributed by atoms with van der Waals surface area (Å²) in [4.78, 5) is 2.60. The van der Waals surface area contributed by atoms with Gasteiger partial charge in [0.25, 0.3) is 0 Å². The lowest BCUT2D eigenvalue weighted by atomic mass is 10.1. The molecule has 0 spiro atoms. The topological polar surface area (TPSA) is 3.24 Å². The standard InChI is InChI=1S/C26H24NP/c1-3-13-23(14-4-1)28(24-15-5-2-6-16-24)26-20-22-12-8-7-11-21(22)19-25(26)27-17-9-10-18-27/h1-8,11-16,19-20H,9-10,17-18H2. The highest BCUT2D eigenvalue weighted by Crippen LogP contribution is 2.39. The molecule has 0 amide bonds. The van der Waals surface area contributed by atoms with Crippen LogP contribution in [0.1, 0.15) is 12.8 Å². The average Bonchev–Trinajstić information content (AvgIpc) is 3.30. The quantitative estimate of drug-likeness (QED) is 0.439. The van der Waals surface area contributed by atoms with Gasteiger partial charge in [-0.2, -0.15) is 0 Å². The lowest BCUT2D eigenvalue weighted by Gasteiger charge is -2.28. The van der Waals surface area contributed by atoms with Gasteiger partial charge in [-0.15, -0.1) is 0 Å². The molecule has 1 nitrogen and oxygen atoms in total. The van der Waals surface area contributed by atoms with Crippen LogP contribution in [0.3, 0.4) is 0 Å². The van der Waals surface area contributed by atoms with Gasteiger partial charge in [-0.25, -0.2) is 0 Å². The summed E-state index contributed by atoms with van der Waals surface area (Å²) in [6.07, 6.45) is 2.59. The summed E-state index contributed by atoms with van der Waals surface area (Å²) in [7, 11) is -0.598. The Hall–Kier alpha value is -2.63. The van der Waals surface area contributed by atoms with Crippen LogP contribution in [0.25, 0.3) is 10.8 Å². The Balaban J connectivity index is 1.77. The molecular formula is C26H24NP. The van der Waals surface area contributed by atoms with Crippen molar-refractivity contribution in [3.63, 3.8) is 0 Å². The van der Waals surface area contributed by atoms with E-state index in [9.17, 15) is 0 Å². The molecule has 1 fully saturated rings. The monoisotopic (exact) mass is 381 g/mol. The molecule has 2 heteroatoms. The Morgan fingerprint density at radius 2 is 1.07 bits per heavy atom. The molecule has 4 aromatic carbocycles. The lowest BCUT2D eigenvalue weighted by Crippen LogP contribution is -2.28. The Kier molecular flexibility index (Phi) is 4.85. The van der Waals surface area contributed by atoms with Gasteiger partial charge in [-0.3, -0.25) is 0 Å². The van der Waals surface area contributed by atoms with E-state index in [1.165, 1.54) is 45.2 Å². The Morgan fingerprint density at radius 3 is 1.64 bits per heavy atom. The van der Waals surface area contributed by atoms with Gasteiger partial charge in [0.1, 0.15) is 0 Å². The van der Waals surface area contributed by atoms with E-state index in [0.29, 0.717) is 0 Å². The first-order valence-electron chi connectivity index (χ1n) is 10.1. The second kappa shape index (κ2) is 7.78. The molecule has 0 N–H and O–H groups in total. The number of hydrogen-bond donors (Lipinski definition) is 0. The predicted octanol–water partition coefficient (Wildman–Crippen LogP) is 5.20. The van der Waals surface area contributed by atoms with Gasteiger partial charge < -0.3 is 4.90 Å². The maximum absolute atomic E-state index is 2.60. The molecule has 28 heavy (non-hydrogen) atoms. The van der Waals surface area contributed by atoms with Crippen LogP contribution >= 0.6 is 7.92 Å². The van der Waals surface area contributed by atoms with Crippen molar-refractivity contribution < 1.29 is 0 Å². The number of benzene rings is 4. The third-order valence-corrected chi connectivity index (χ3v) is 8.03. The SMILES string of the molecule is c1ccc(P(c2ccccc2)c2cc3ccccc3cc2N2CCCC2)cc1. The number of nitrogens with zero attached hydrogens (tertiary/aromatic N) is 1. The van der Waals surface area contributed by atoms with Gasteiger partial charge in [0, 0.05) is 24.1 Å². The molecular weight excluding hydrogens is 357 g/mol. The minimum absolute atomic E-state index is 0.598. The van der Waals surface area contributed by atoms with Crippen molar-refractivity contribution >= 4 is 40.3 Å². The molecule has 0 aliphatic carbocycles. The minimum atomic E-state index is -0.598. The molecule has 0 aromatic heterocycles. The van der Waals surface area contributed by atoms with Crippen LogP contribution in [0.4, 0.5) is 5.69 Å². The molecule has 1 saturated heterocycles. The fourth-order valence-electron chi connectivity index (χ4n) is 4.19. The molecule has 0 unspecified atom stereocenters. The van der Waals surface area contributed by atoms with Crippen molar-refractivity contribution in [2.24, 2.45) is 0 Å². The maximum atomic E-state index is 2.60. The fourth-order valence-corrected chi connectivity index (χ4v) is 6.69. The number of fused-ring (bicyclic) bond motifs is 1. The van der Waals surface area contributed by atoms with Crippen LogP contribution in [0, 0.1) is 0 Å². The molecule has 138 valence electrons. The molecule has 4 aromatic rings. The van der Waals surface area contributed by atoms with E-state index in [1.54, 1.807) is 0 Å². The van der Waals surface area contributed by atoms with Gasteiger partial charge in [0.15, 0.2) is 0 Å². The van der Waals surface area contributed by atoms with Crippen molar-refractivity contribution in [1.82, 2.24) is 0 Å². The number of anilines is 1. The van der Waals surface area contributed by atoms with Crippen LogP contribution in [0.15, 0.2) is 97.1 Å². The molecule has 1 heterocycles. The highest BCUT2D eigenvalue weighted by Gasteiger charge is 2.24. The minimum Gasteiger partial charge on any atom is -0.371 e. The molecule has 1 aliphatic heterocycles. The molecule has 0 saturated carbocycles. The first-order chi connectivity index (χ1) is 13.9. The van der Waals surface area contributed by atoms with Crippen LogP contribution < -0.4 is 20.8 Å². The molecule has 0 radical (unpaired) electrons. The van der Waals surface area contributed by atoms with Gasteiger partial charge in [-0.1, -0.05) is 84.9 Å². The zero-order valence-electron chi connectivity index (χ0n) is 16.0. The van der Waals surface area contributed by atoms with E-state index in [4.69, 9.17) is 0 Å². The Bertz CT molecular complexity index is 1030. The van der Waals surface area contributed by atoms with E-state index in [-0.39, 0.29) is 0 Å². The summed E-state index contributed by atoms with van der Waals surface area (Å²) in [6, 6.07) is 35.7. The second-order valence-corrected chi connectivity index (χ2v) is 9.57. The van der Waals surface area contributed by atoms with E-state index >= 15 is 0 Å².